The van der Waals surface area contributed by atoms with Gasteiger partial charge in [-0.15, -0.1) is 0 Å². The van der Waals surface area contributed by atoms with Crippen LogP contribution in [0, 0.1) is 13.8 Å². The first kappa shape index (κ1) is 23.2. The number of amides is 2. The zero-order valence-electron chi connectivity index (χ0n) is 18.9. The standard InChI is InChI=1S/C27H30N2O3/c1-20-11-13-22(14-12-20)19-29(27(31)25-10-5-4-7-21(25)2)24-9-6-8-23(17-24)18-26(30)28-15-16-32-3/h4-14,17H,15-16,18-19H2,1-3H3,(H,28,30). The highest BCUT2D eigenvalue weighted by Crippen LogP contribution is 2.23. The molecule has 3 aromatic carbocycles. The molecule has 2 amide bonds. The average molecular weight is 431 g/mol. The van der Waals surface area contributed by atoms with E-state index >= 15 is 0 Å². The first-order valence-corrected chi connectivity index (χ1v) is 10.8. The van der Waals surface area contributed by atoms with Crippen molar-refractivity contribution < 1.29 is 14.3 Å². The third-order valence-electron chi connectivity index (χ3n) is 5.30. The number of methoxy groups -OCH3 is 1. The molecule has 1 N–H and O–H groups in total. The fourth-order valence-electron chi connectivity index (χ4n) is 3.49. The van der Waals surface area contributed by atoms with E-state index in [-0.39, 0.29) is 18.2 Å². The number of carbonyl (C=O) groups excluding carboxylic acids is 2. The summed E-state index contributed by atoms with van der Waals surface area (Å²) in [6.45, 7) is 5.37. The molecule has 0 aromatic heterocycles. The molecule has 0 saturated heterocycles. The third-order valence-corrected chi connectivity index (χ3v) is 5.30. The smallest absolute Gasteiger partial charge is 0.258 e. The van der Waals surface area contributed by atoms with Crippen molar-refractivity contribution in [3.8, 4) is 0 Å². The predicted octanol–water partition coefficient (Wildman–Crippen LogP) is 4.46. The number of hydrogen-bond acceptors (Lipinski definition) is 3. The maximum absolute atomic E-state index is 13.6. The summed E-state index contributed by atoms with van der Waals surface area (Å²) in [6, 6.07) is 23.4. The normalized spacial score (nSPS) is 10.6. The molecule has 0 spiro atoms. The minimum absolute atomic E-state index is 0.0645. The van der Waals surface area contributed by atoms with E-state index < -0.39 is 0 Å². The van der Waals surface area contributed by atoms with Crippen molar-refractivity contribution in [2.45, 2.75) is 26.8 Å². The number of hydrogen-bond donors (Lipinski definition) is 1. The van der Waals surface area contributed by atoms with Crippen LogP contribution < -0.4 is 10.2 Å². The lowest BCUT2D eigenvalue weighted by Gasteiger charge is -2.24. The minimum Gasteiger partial charge on any atom is -0.383 e. The largest absolute Gasteiger partial charge is 0.383 e. The Morgan fingerprint density at radius 2 is 1.66 bits per heavy atom. The molecule has 3 rings (SSSR count). The van der Waals surface area contributed by atoms with Crippen LogP contribution in [0.15, 0.2) is 72.8 Å². The van der Waals surface area contributed by atoms with Gasteiger partial charge in [0, 0.05) is 24.9 Å². The highest BCUT2D eigenvalue weighted by molar-refractivity contribution is 6.07. The van der Waals surface area contributed by atoms with Crippen molar-refractivity contribution in [1.29, 1.82) is 0 Å². The van der Waals surface area contributed by atoms with Gasteiger partial charge < -0.3 is 15.0 Å². The maximum Gasteiger partial charge on any atom is 0.258 e. The van der Waals surface area contributed by atoms with Crippen LogP contribution in [0.4, 0.5) is 5.69 Å². The Morgan fingerprint density at radius 3 is 2.38 bits per heavy atom. The Hall–Kier alpha value is -3.44. The summed E-state index contributed by atoms with van der Waals surface area (Å²) in [6.07, 6.45) is 0.245. The molecular formula is C27H30N2O3. The van der Waals surface area contributed by atoms with Crippen LogP contribution in [0.3, 0.4) is 0 Å². The van der Waals surface area contributed by atoms with Gasteiger partial charge in [0.25, 0.3) is 5.91 Å². The van der Waals surface area contributed by atoms with E-state index in [1.54, 1.807) is 12.0 Å². The molecule has 3 aromatic rings. The predicted molar refractivity (Wildman–Crippen MR) is 128 cm³/mol. The van der Waals surface area contributed by atoms with Gasteiger partial charge in [-0.2, -0.15) is 0 Å². The zero-order valence-corrected chi connectivity index (χ0v) is 18.9. The molecule has 0 fully saturated rings. The van der Waals surface area contributed by atoms with E-state index in [9.17, 15) is 9.59 Å². The summed E-state index contributed by atoms with van der Waals surface area (Å²) >= 11 is 0. The van der Waals surface area contributed by atoms with Crippen LogP contribution in [-0.2, 0) is 22.5 Å². The van der Waals surface area contributed by atoms with Crippen LogP contribution >= 0.6 is 0 Å². The van der Waals surface area contributed by atoms with Gasteiger partial charge in [0.05, 0.1) is 19.6 Å². The minimum atomic E-state index is -0.0745. The molecule has 0 aliphatic carbocycles. The number of nitrogens with one attached hydrogen (secondary N) is 1. The molecule has 0 saturated carbocycles. The monoisotopic (exact) mass is 430 g/mol. The lowest BCUT2D eigenvalue weighted by atomic mass is 10.0. The zero-order chi connectivity index (χ0) is 22.9. The third kappa shape index (κ3) is 6.28. The number of rotatable bonds is 9. The highest BCUT2D eigenvalue weighted by atomic mass is 16.5. The number of anilines is 1. The summed E-state index contributed by atoms with van der Waals surface area (Å²) in [4.78, 5) is 27.6. The van der Waals surface area contributed by atoms with Crippen molar-refractivity contribution in [1.82, 2.24) is 5.32 Å². The first-order valence-electron chi connectivity index (χ1n) is 10.8. The molecule has 0 aliphatic heterocycles. The second-order valence-electron chi connectivity index (χ2n) is 7.88. The number of aryl methyl sites for hydroxylation is 2. The second kappa shape index (κ2) is 11.3. The summed E-state index contributed by atoms with van der Waals surface area (Å²) < 4.78 is 4.98. The van der Waals surface area contributed by atoms with E-state index in [4.69, 9.17) is 4.74 Å². The summed E-state index contributed by atoms with van der Waals surface area (Å²) in [5.41, 5.74) is 5.43. The fourth-order valence-corrected chi connectivity index (χ4v) is 3.49. The Morgan fingerprint density at radius 1 is 0.906 bits per heavy atom. The molecule has 0 radical (unpaired) electrons. The Labute approximate surface area is 190 Å². The molecule has 5 heteroatoms. The van der Waals surface area contributed by atoms with Crippen molar-refractivity contribution in [2.75, 3.05) is 25.2 Å². The molecule has 166 valence electrons. The Kier molecular flexibility index (Phi) is 8.17. The fraction of sp³-hybridized carbons (Fsp3) is 0.259. The Bertz CT molecular complexity index is 1060. The van der Waals surface area contributed by atoms with Gasteiger partial charge in [0.2, 0.25) is 5.91 Å². The molecule has 0 heterocycles. The van der Waals surface area contributed by atoms with Crippen molar-refractivity contribution in [2.24, 2.45) is 0 Å². The van der Waals surface area contributed by atoms with Gasteiger partial charge in [0.15, 0.2) is 0 Å². The number of ether oxygens (including phenoxy) is 1. The number of benzene rings is 3. The van der Waals surface area contributed by atoms with Gasteiger partial charge in [-0.25, -0.2) is 0 Å². The van der Waals surface area contributed by atoms with Crippen LogP contribution in [0.25, 0.3) is 0 Å². The van der Waals surface area contributed by atoms with Gasteiger partial charge in [-0.1, -0.05) is 60.2 Å². The van der Waals surface area contributed by atoms with Gasteiger partial charge in [-0.3, -0.25) is 9.59 Å². The molecule has 0 atom stereocenters. The SMILES string of the molecule is COCCNC(=O)Cc1cccc(N(Cc2ccc(C)cc2)C(=O)c2ccccc2C)c1. The summed E-state index contributed by atoms with van der Waals surface area (Å²) in [7, 11) is 1.60. The topological polar surface area (TPSA) is 58.6 Å². The highest BCUT2D eigenvalue weighted by Gasteiger charge is 2.20. The van der Waals surface area contributed by atoms with E-state index in [0.717, 1.165) is 22.4 Å². The van der Waals surface area contributed by atoms with Gasteiger partial charge >= 0.3 is 0 Å². The Balaban J connectivity index is 1.89. The molecule has 0 aliphatic rings. The van der Waals surface area contributed by atoms with Gasteiger partial charge in [-0.05, 0) is 48.7 Å². The quantitative estimate of drug-likeness (QED) is 0.510. The lowest BCUT2D eigenvalue weighted by molar-refractivity contribution is -0.120. The summed E-state index contributed by atoms with van der Waals surface area (Å²) in [5, 5.41) is 2.84. The average Bonchev–Trinajstić information content (AvgIpc) is 2.79. The van der Waals surface area contributed by atoms with E-state index in [1.807, 2.05) is 86.6 Å². The second-order valence-corrected chi connectivity index (χ2v) is 7.88. The van der Waals surface area contributed by atoms with Crippen molar-refractivity contribution in [3.63, 3.8) is 0 Å². The van der Waals surface area contributed by atoms with Gasteiger partial charge in [0.1, 0.15) is 0 Å². The first-order chi connectivity index (χ1) is 15.5. The van der Waals surface area contributed by atoms with Crippen LogP contribution in [-0.4, -0.2) is 32.1 Å². The van der Waals surface area contributed by atoms with E-state index in [2.05, 4.69) is 5.32 Å². The molecule has 5 nitrogen and oxygen atoms in total. The van der Waals surface area contributed by atoms with Crippen LogP contribution in [0.2, 0.25) is 0 Å². The van der Waals surface area contributed by atoms with Crippen LogP contribution in [0.5, 0.6) is 0 Å². The van der Waals surface area contributed by atoms with Crippen molar-refractivity contribution in [3.05, 3.63) is 101 Å². The molecule has 0 unspecified atom stereocenters. The van der Waals surface area contributed by atoms with Crippen LogP contribution in [0.1, 0.15) is 32.6 Å². The number of carbonyl (C=O) groups is 2. The number of nitrogens with zero attached hydrogens (tertiary/aromatic N) is 1. The van der Waals surface area contributed by atoms with Crippen molar-refractivity contribution >= 4 is 17.5 Å². The molecule has 32 heavy (non-hydrogen) atoms. The molecular weight excluding hydrogens is 400 g/mol. The molecule has 0 bridgehead atoms. The van der Waals surface area contributed by atoms with E-state index in [1.165, 1.54) is 5.56 Å². The summed E-state index contributed by atoms with van der Waals surface area (Å²) in [5.74, 6) is -0.139. The maximum atomic E-state index is 13.6. The van der Waals surface area contributed by atoms with E-state index in [0.29, 0.717) is 25.3 Å². The lowest BCUT2D eigenvalue weighted by Crippen LogP contribution is -2.31.